The fourth-order valence-corrected chi connectivity index (χ4v) is 5.54. The molecule has 2 N–H and O–H groups in total. The van der Waals surface area contributed by atoms with Gasteiger partial charge in [0.15, 0.2) is 6.21 Å². The Kier molecular flexibility index (Phi) is 5.17. The number of sulfonamides is 1. The molecule has 0 aliphatic carbocycles. The Morgan fingerprint density at radius 1 is 1.12 bits per heavy atom. The molecule has 8 heteroatoms. The molecule has 33 heavy (non-hydrogen) atoms. The van der Waals surface area contributed by atoms with Gasteiger partial charge in [0.2, 0.25) is 5.75 Å². The fraction of sp³-hybridized carbons (Fsp3) is 0.200. The predicted molar refractivity (Wildman–Crippen MR) is 126 cm³/mol. The molecule has 2 aliphatic rings. The van der Waals surface area contributed by atoms with Crippen LogP contribution in [0, 0.1) is 6.92 Å². The molecule has 5 rings (SSSR count). The van der Waals surface area contributed by atoms with Gasteiger partial charge >= 0.3 is 10.0 Å². The maximum Gasteiger partial charge on any atom is 0.400 e. The highest BCUT2D eigenvalue weighted by atomic mass is 32.2. The number of anilines is 1. The molecule has 0 radical (unpaired) electrons. The van der Waals surface area contributed by atoms with Crippen molar-refractivity contribution in [2.24, 2.45) is 4.99 Å². The summed E-state index contributed by atoms with van der Waals surface area (Å²) in [7, 11) is -2.29. The van der Waals surface area contributed by atoms with Crippen molar-refractivity contribution in [3.05, 3.63) is 76.3 Å². The Balaban J connectivity index is 1.57. The van der Waals surface area contributed by atoms with Gasteiger partial charge in [0, 0.05) is 18.7 Å². The third kappa shape index (κ3) is 3.66. The minimum atomic E-state index is -3.90. The second kappa shape index (κ2) is 8.04. The van der Waals surface area contributed by atoms with Gasteiger partial charge in [-0.15, -0.1) is 0 Å². The van der Waals surface area contributed by atoms with E-state index in [1.54, 1.807) is 43.7 Å². The molecule has 2 aliphatic heterocycles. The lowest BCUT2D eigenvalue weighted by Gasteiger charge is -2.11. The van der Waals surface area contributed by atoms with E-state index in [-0.39, 0.29) is 16.3 Å². The largest absolute Gasteiger partial charge is 0.501 e. The average molecular weight is 463 g/mol. The lowest BCUT2D eigenvalue weighted by atomic mass is 10.1. The van der Waals surface area contributed by atoms with Gasteiger partial charge in [0.05, 0.1) is 23.4 Å². The van der Waals surface area contributed by atoms with E-state index in [0.717, 1.165) is 22.4 Å². The number of phenols is 1. The van der Waals surface area contributed by atoms with Gasteiger partial charge in [-0.05, 0) is 49.2 Å². The van der Waals surface area contributed by atoms with E-state index in [1.807, 2.05) is 31.2 Å². The number of ether oxygens (including phenoxy) is 1. The number of methoxy groups -OCH3 is 1. The van der Waals surface area contributed by atoms with Crippen molar-refractivity contribution in [1.29, 1.82) is 0 Å². The molecule has 0 unspecified atom stereocenters. The lowest BCUT2D eigenvalue weighted by molar-refractivity contribution is -0.253. The van der Waals surface area contributed by atoms with Crippen molar-refractivity contribution < 1.29 is 22.2 Å². The number of hydrogen-bond donors (Lipinski definition) is 2. The van der Waals surface area contributed by atoms with Crippen molar-refractivity contribution in [1.82, 2.24) is 0 Å². The molecule has 0 amide bonds. The van der Waals surface area contributed by atoms with Crippen molar-refractivity contribution in [2.45, 2.75) is 24.8 Å². The predicted octanol–water partition coefficient (Wildman–Crippen LogP) is 2.61. The molecule has 0 saturated carbocycles. The second-order valence-corrected chi connectivity index (χ2v) is 9.93. The van der Waals surface area contributed by atoms with E-state index in [1.165, 1.54) is 3.98 Å². The second-order valence-electron chi connectivity index (χ2n) is 8.12. The molecule has 0 bridgehead atoms. The van der Waals surface area contributed by atoms with Crippen molar-refractivity contribution in [2.75, 3.05) is 19.0 Å². The zero-order chi connectivity index (χ0) is 23.2. The number of aryl methyl sites for hydroxylation is 1. The normalized spacial score (nSPS) is 14.4. The van der Waals surface area contributed by atoms with Crippen LogP contribution in [0.3, 0.4) is 0 Å². The number of hydrogen-bond acceptors (Lipinski definition) is 6. The van der Waals surface area contributed by atoms with E-state index in [9.17, 15) is 13.5 Å². The van der Waals surface area contributed by atoms with Gasteiger partial charge in [-0.1, -0.05) is 33.8 Å². The maximum atomic E-state index is 13.5. The minimum Gasteiger partial charge on any atom is -0.501 e. The Bertz CT molecular complexity index is 1510. The summed E-state index contributed by atoms with van der Waals surface area (Å²) < 4.78 is 33.4. The van der Waals surface area contributed by atoms with E-state index in [4.69, 9.17) is 4.74 Å². The van der Waals surface area contributed by atoms with Gasteiger partial charge in [0.25, 0.3) is 5.69 Å². The molecule has 7 nitrogen and oxygen atoms in total. The van der Waals surface area contributed by atoms with E-state index >= 15 is 0 Å². The molecule has 0 saturated heterocycles. The molecule has 0 spiro atoms. The summed E-state index contributed by atoms with van der Waals surface area (Å²) in [6.07, 6.45) is 2.24. The van der Waals surface area contributed by atoms with Crippen LogP contribution in [0.1, 0.15) is 17.5 Å². The summed E-state index contributed by atoms with van der Waals surface area (Å²) in [6.45, 7) is 2.92. The number of nitrogens with one attached hydrogen (secondary N) is 1. The molecular formula is C25H24N3O4S+. The number of rotatable bonds is 6. The third-order valence-electron chi connectivity index (χ3n) is 5.95. The summed E-state index contributed by atoms with van der Waals surface area (Å²) in [4.78, 5) is 4.77. The summed E-state index contributed by atoms with van der Waals surface area (Å²) in [5.41, 5.74) is 3.51. The van der Waals surface area contributed by atoms with Crippen LogP contribution in [0.4, 0.5) is 11.4 Å². The molecule has 2 heterocycles. The number of aromatic hydroxyl groups is 1. The Labute approximate surface area is 192 Å². The van der Waals surface area contributed by atoms with Gasteiger partial charge in [-0.25, -0.2) is 0 Å². The van der Waals surface area contributed by atoms with Gasteiger partial charge in [-0.2, -0.15) is 8.42 Å². The first kappa shape index (κ1) is 21.2. The zero-order valence-electron chi connectivity index (χ0n) is 18.4. The van der Waals surface area contributed by atoms with Crippen LogP contribution in [-0.4, -0.2) is 37.4 Å². The van der Waals surface area contributed by atoms with Crippen LogP contribution in [0.2, 0.25) is 0 Å². The first-order chi connectivity index (χ1) is 15.9. The van der Waals surface area contributed by atoms with Crippen LogP contribution in [0.5, 0.6) is 11.5 Å². The lowest BCUT2D eigenvalue weighted by Crippen LogP contribution is -2.32. The zero-order valence-corrected chi connectivity index (χ0v) is 19.2. The Morgan fingerprint density at radius 3 is 2.55 bits per heavy atom. The van der Waals surface area contributed by atoms with Crippen molar-refractivity contribution >= 4 is 33.2 Å². The summed E-state index contributed by atoms with van der Waals surface area (Å²) in [5, 5.41) is 15.8. The van der Waals surface area contributed by atoms with Crippen molar-refractivity contribution in [3.8, 4) is 11.5 Å². The molecule has 0 fully saturated rings. The minimum absolute atomic E-state index is 0.110. The number of benzene rings is 3. The summed E-state index contributed by atoms with van der Waals surface area (Å²) >= 11 is 0. The monoisotopic (exact) mass is 462 g/mol. The number of nitrogens with zero attached hydrogens (tertiary/aromatic N) is 2. The van der Waals surface area contributed by atoms with Gasteiger partial charge in [-0.3, -0.25) is 4.99 Å². The van der Waals surface area contributed by atoms with Gasteiger partial charge in [0.1, 0.15) is 10.6 Å². The first-order valence-corrected chi connectivity index (χ1v) is 12.1. The SMILES string of the molecule is COc1ccc(CNc2cc3c4c(c2O)[N+](S(=O)(=O)c2ccc(C)cc2)=CC=4CCN=3)cc1. The van der Waals surface area contributed by atoms with Crippen LogP contribution >= 0.6 is 0 Å². The molecule has 0 atom stereocenters. The fourth-order valence-electron chi connectivity index (χ4n) is 4.15. The molecule has 3 aromatic carbocycles. The van der Waals surface area contributed by atoms with Crippen LogP contribution in [0.25, 0.3) is 5.57 Å². The van der Waals surface area contributed by atoms with Crippen molar-refractivity contribution in [3.63, 3.8) is 0 Å². The number of phenolic OH excluding ortho intramolecular Hbond substituents is 1. The van der Waals surface area contributed by atoms with Crippen LogP contribution < -0.4 is 20.6 Å². The standard InChI is InChI=1S/C25H23N3O4S/c1-16-3-9-20(10-4-16)33(30,31)28-15-18-11-12-26-21-13-22(25(29)24(28)23(18)21)27-14-17-5-7-19(32-2)8-6-17/h3-10,13,15H,11-12,14H2,1-2H3,(H,26,27)/p+1. The van der Waals surface area contributed by atoms with Crippen LogP contribution in [0.15, 0.2) is 64.5 Å². The molecule has 168 valence electrons. The highest BCUT2D eigenvalue weighted by Gasteiger charge is 2.39. The van der Waals surface area contributed by atoms with E-state index in [2.05, 4.69) is 10.3 Å². The van der Waals surface area contributed by atoms with Crippen LogP contribution in [-0.2, 0) is 16.6 Å². The Morgan fingerprint density at radius 2 is 1.85 bits per heavy atom. The Hall–Kier alpha value is -3.65. The highest BCUT2D eigenvalue weighted by Crippen LogP contribution is 2.35. The maximum absolute atomic E-state index is 13.5. The molecular weight excluding hydrogens is 438 g/mol. The quantitative estimate of drug-likeness (QED) is 0.434. The van der Waals surface area contributed by atoms with E-state index in [0.29, 0.717) is 35.8 Å². The topological polar surface area (TPSA) is 91.0 Å². The molecule has 3 aromatic rings. The summed E-state index contributed by atoms with van der Waals surface area (Å²) in [6, 6.07) is 16.1. The smallest absolute Gasteiger partial charge is 0.400 e. The summed E-state index contributed by atoms with van der Waals surface area (Å²) in [5.74, 6) is 0.652. The highest BCUT2D eigenvalue weighted by molar-refractivity contribution is 7.85. The molecule has 0 aromatic heterocycles. The first-order valence-electron chi connectivity index (χ1n) is 10.6. The van der Waals surface area contributed by atoms with Gasteiger partial charge < -0.3 is 15.2 Å². The average Bonchev–Trinajstić information content (AvgIpc) is 3.23. The van der Waals surface area contributed by atoms with E-state index < -0.39 is 10.0 Å². The third-order valence-corrected chi connectivity index (χ3v) is 7.62.